The number of rotatable bonds is 8. The molecule has 1 fully saturated rings. The molecule has 1 aliphatic heterocycles. The first kappa shape index (κ1) is 22.5. The lowest BCUT2D eigenvalue weighted by Crippen LogP contribution is -2.39. The van der Waals surface area contributed by atoms with E-state index >= 15 is 0 Å². The molecule has 0 aromatic heterocycles. The molecule has 2 N–H and O–H groups in total. The Kier molecular flexibility index (Phi) is 12.2. The smallest absolute Gasteiger partial charge is 0.191 e. The van der Waals surface area contributed by atoms with Crippen LogP contribution >= 0.6 is 35.6 Å². The quantitative estimate of drug-likeness (QED) is 0.260. The van der Waals surface area contributed by atoms with Crippen LogP contribution in [0.2, 0.25) is 5.02 Å². The molecule has 0 saturated carbocycles. The van der Waals surface area contributed by atoms with E-state index in [9.17, 15) is 0 Å². The molecule has 1 aliphatic rings. The minimum atomic E-state index is 0. The van der Waals surface area contributed by atoms with Crippen molar-refractivity contribution in [3.05, 3.63) is 34.9 Å². The highest BCUT2D eigenvalue weighted by Gasteiger charge is 2.09. The number of unbranched alkanes of at least 4 members (excludes halogenated alkanes) is 1. The predicted octanol–water partition coefficient (Wildman–Crippen LogP) is 3.13. The lowest BCUT2D eigenvalue weighted by Gasteiger charge is -2.26. The molecule has 1 aromatic carbocycles. The van der Waals surface area contributed by atoms with Gasteiger partial charge in [-0.05, 0) is 37.9 Å². The Bertz CT molecular complexity index is 510. The fourth-order valence-electron chi connectivity index (χ4n) is 2.62. The fraction of sp³-hybridized carbons (Fsp3) is 0.611. The monoisotopic (exact) mass is 480 g/mol. The molecule has 7 heteroatoms. The van der Waals surface area contributed by atoms with Gasteiger partial charge in [-0.2, -0.15) is 0 Å². The largest absolute Gasteiger partial charge is 0.379 e. The molecular weight excluding hydrogens is 451 g/mol. The van der Waals surface area contributed by atoms with Gasteiger partial charge in [-0.25, -0.2) is 4.99 Å². The standard InChI is InChI=1S/C18H29ClN4O.HI/c1-2-20-18(22-15-16-7-3-4-8-17(16)19)21-9-5-6-10-23-11-13-24-14-12-23;/h3-4,7-8H,2,5-6,9-15H2,1H3,(H2,20,21,22);1H. The molecule has 142 valence electrons. The van der Waals surface area contributed by atoms with E-state index in [1.54, 1.807) is 0 Å². The van der Waals surface area contributed by atoms with Crippen molar-refractivity contribution in [3.63, 3.8) is 0 Å². The van der Waals surface area contributed by atoms with Crippen LogP contribution in [-0.4, -0.2) is 56.8 Å². The average molecular weight is 481 g/mol. The van der Waals surface area contributed by atoms with E-state index < -0.39 is 0 Å². The van der Waals surface area contributed by atoms with E-state index in [1.807, 2.05) is 24.3 Å². The summed E-state index contributed by atoms with van der Waals surface area (Å²) in [6.07, 6.45) is 2.32. The fourth-order valence-corrected chi connectivity index (χ4v) is 2.82. The summed E-state index contributed by atoms with van der Waals surface area (Å²) in [6, 6.07) is 7.84. The number of aliphatic imine (C=N–C) groups is 1. The van der Waals surface area contributed by atoms with Gasteiger partial charge in [0.1, 0.15) is 0 Å². The van der Waals surface area contributed by atoms with Crippen LogP contribution in [0.3, 0.4) is 0 Å². The minimum Gasteiger partial charge on any atom is -0.379 e. The van der Waals surface area contributed by atoms with Gasteiger partial charge in [-0.15, -0.1) is 24.0 Å². The molecule has 5 nitrogen and oxygen atoms in total. The number of benzene rings is 1. The van der Waals surface area contributed by atoms with Crippen LogP contribution in [0.25, 0.3) is 0 Å². The summed E-state index contributed by atoms with van der Waals surface area (Å²) < 4.78 is 5.37. The number of nitrogens with one attached hydrogen (secondary N) is 2. The number of hydrogen-bond donors (Lipinski definition) is 2. The van der Waals surface area contributed by atoms with Crippen molar-refractivity contribution in [1.29, 1.82) is 0 Å². The van der Waals surface area contributed by atoms with Crippen LogP contribution in [0.4, 0.5) is 0 Å². The second kappa shape index (κ2) is 13.6. The number of nitrogens with zero attached hydrogens (tertiary/aromatic N) is 2. The molecule has 0 atom stereocenters. The van der Waals surface area contributed by atoms with E-state index in [-0.39, 0.29) is 24.0 Å². The Balaban J connectivity index is 0.00000312. The molecule has 1 aromatic rings. The molecule has 0 spiro atoms. The summed E-state index contributed by atoms with van der Waals surface area (Å²) in [6.45, 7) is 9.47. The Morgan fingerprint density at radius 2 is 1.96 bits per heavy atom. The lowest BCUT2D eigenvalue weighted by molar-refractivity contribution is 0.0372. The molecule has 2 rings (SSSR count). The van der Waals surface area contributed by atoms with E-state index in [1.165, 1.54) is 6.42 Å². The Morgan fingerprint density at radius 1 is 1.20 bits per heavy atom. The topological polar surface area (TPSA) is 48.9 Å². The molecule has 1 heterocycles. The molecule has 1 saturated heterocycles. The van der Waals surface area contributed by atoms with Gasteiger partial charge in [0.25, 0.3) is 0 Å². The van der Waals surface area contributed by atoms with E-state index in [0.717, 1.165) is 68.9 Å². The van der Waals surface area contributed by atoms with Gasteiger partial charge in [0.05, 0.1) is 19.8 Å². The lowest BCUT2D eigenvalue weighted by atomic mass is 10.2. The van der Waals surface area contributed by atoms with Crippen molar-refractivity contribution in [2.75, 3.05) is 45.9 Å². The number of guanidine groups is 1. The Labute approximate surface area is 173 Å². The third kappa shape index (κ3) is 9.08. The van der Waals surface area contributed by atoms with Crippen molar-refractivity contribution in [1.82, 2.24) is 15.5 Å². The highest BCUT2D eigenvalue weighted by atomic mass is 127. The zero-order valence-corrected chi connectivity index (χ0v) is 18.1. The van der Waals surface area contributed by atoms with Crippen LogP contribution < -0.4 is 10.6 Å². The molecule has 0 unspecified atom stereocenters. The number of morpholine rings is 1. The van der Waals surface area contributed by atoms with Crippen LogP contribution in [0.1, 0.15) is 25.3 Å². The summed E-state index contributed by atoms with van der Waals surface area (Å²) in [4.78, 5) is 7.09. The summed E-state index contributed by atoms with van der Waals surface area (Å²) in [5.74, 6) is 0.851. The minimum absolute atomic E-state index is 0. The molecule has 0 radical (unpaired) electrons. The third-order valence-corrected chi connectivity index (χ3v) is 4.38. The van der Waals surface area contributed by atoms with Gasteiger partial charge in [0, 0.05) is 31.2 Å². The van der Waals surface area contributed by atoms with Crippen LogP contribution in [-0.2, 0) is 11.3 Å². The maximum Gasteiger partial charge on any atom is 0.191 e. The second-order valence-electron chi connectivity index (χ2n) is 5.87. The maximum absolute atomic E-state index is 6.18. The van der Waals surface area contributed by atoms with Crippen molar-refractivity contribution >= 4 is 41.5 Å². The Morgan fingerprint density at radius 3 is 2.68 bits per heavy atom. The SMILES string of the molecule is CCNC(=NCc1ccccc1Cl)NCCCCN1CCOCC1.I. The zero-order chi connectivity index (χ0) is 17.0. The first-order chi connectivity index (χ1) is 11.8. The van der Waals surface area contributed by atoms with E-state index in [2.05, 4.69) is 27.4 Å². The zero-order valence-electron chi connectivity index (χ0n) is 15.0. The number of halogens is 2. The van der Waals surface area contributed by atoms with Crippen molar-refractivity contribution < 1.29 is 4.74 Å². The first-order valence-corrected chi connectivity index (χ1v) is 9.23. The highest BCUT2D eigenvalue weighted by Crippen LogP contribution is 2.15. The summed E-state index contributed by atoms with van der Waals surface area (Å²) in [5.41, 5.74) is 1.05. The van der Waals surface area contributed by atoms with Gasteiger partial charge in [0.15, 0.2) is 5.96 Å². The van der Waals surface area contributed by atoms with Gasteiger partial charge in [0.2, 0.25) is 0 Å². The van der Waals surface area contributed by atoms with Crippen molar-refractivity contribution in [3.8, 4) is 0 Å². The summed E-state index contributed by atoms with van der Waals surface area (Å²) >= 11 is 6.18. The van der Waals surface area contributed by atoms with Crippen LogP contribution in [0, 0.1) is 0 Å². The highest BCUT2D eigenvalue weighted by molar-refractivity contribution is 14.0. The normalized spacial score (nSPS) is 15.5. The molecule has 0 amide bonds. The van der Waals surface area contributed by atoms with Crippen LogP contribution in [0.5, 0.6) is 0 Å². The summed E-state index contributed by atoms with van der Waals surface area (Å²) in [5, 5.41) is 7.45. The van der Waals surface area contributed by atoms with Crippen molar-refractivity contribution in [2.45, 2.75) is 26.3 Å². The molecule has 0 aliphatic carbocycles. The number of ether oxygens (including phenoxy) is 1. The third-order valence-electron chi connectivity index (χ3n) is 4.01. The Hall–Kier alpha value is -0.570. The predicted molar refractivity (Wildman–Crippen MR) is 116 cm³/mol. The maximum atomic E-state index is 6.18. The van der Waals surface area contributed by atoms with Crippen LogP contribution in [0.15, 0.2) is 29.3 Å². The molecule has 25 heavy (non-hydrogen) atoms. The average Bonchev–Trinajstić information content (AvgIpc) is 2.61. The summed E-state index contributed by atoms with van der Waals surface area (Å²) in [7, 11) is 0. The van der Waals surface area contributed by atoms with Crippen molar-refractivity contribution in [2.24, 2.45) is 4.99 Å². The molecular formula is C18H30ClIN4O. The van der Waals surface area contributed by atoms with Gasteiger partial charge >= 0.3 is 0 Å². The van der Waals surface area contributed by atoms with Gasteiger partial charge in [-0.1, -0.05) is 29.8 Å². The first-order valence-electron chi connectivity index (χ1n) is 8.85. The number of hydrogen-bond acceptors (Lipinski definition) is 3. The van der Waals surface area contributed by atoms with Gasteiger partial charge in [-0.3, -0.25) is 4.90 Å². The van der Waals surface area contributed by atoms with E-state index in [0.29, 0.717) is 6.54 Å². The van der Waals surface area contributed by atoms with E-state index in [4.69, 9.17) is 16.3 Å². The molecule has 0 bridgehead atoms. The second-order valence-corrected chi connectivity index (χ2v) is 6.28. The van der Waals surface area contributed by atoms with Gasteiger partial charge < -0.3 is 15.4 Å².